The second-order valence-corrected chi connectivity index (χ2v) is 4.08. The van der Waals surface area contributed by atoms with Gasteiger partial charge in [0.1, 0.15) is 0 Å². The highest BCUT2D eigenvalue weighted by molar-refractivity contribution is 6.35. The van der Waals surface area contributed by atoms with Crippen LogP contribution in [0, 0.1) is 0 Å². The Kier molecular flexibility index (Phi) is 2.84. The molecule has 0 atom stereocenters. The van der Waals surface area contributed by atoms with E-state index in [4.69, 9.17) is 11.6 Å². The van der Waals surface area contributed by atoms with E-state index in [1.807, 2.05) is 29.0 Å². The first kappa shape index (κ1) is 11.0. The molecule has 1 heterocycles. The van der Waals surface area contributed by atoms with Crippen LogP contribution in [0.3, 0.4) is 0 Å². The lowest BCUT2D eigenvalue weighted by molar-refractivity contribution is 0.101. The molecule has 0 aliphatic heterocycles. The van der Waals surface area contributed by atoms with Crippen LogP contribution in [0.2, 0.25) is 5.02 Å². The van der Waals surface area contributed by atoms with Gasteiger partial charge < -0.3 is 4.57 Å². The molecule has 0 saturated heterocycles. The van der Waals surface area contributed by atoms with Crippen molar-refractivity contribution in [2.24, 2.45) is 0 Å². The topological polar surface area (TPSA) is 22.0 Å². The normalized spacial score (nSPS) is 10.6. The van der Waals surface area contributed by atoms with Gasteiger partial charge in [-0.1, -0.05) is 29.8 Å². The van der Waals surface area contributed by atoms with Gasteiger partial charge in [-0.3, -0.25) is 4.79 Å². The molecular formula is C13H12ClNO. The maximum atomic E-state index is 11.5. The second-order valence-electron chi connectivity index (χ2n) is 3.68. The predicted octanol–water partition coefficient (Wildman–Crippen LogP) is 3.68. The zero-order chi connectivity index (χ0) is 11.7. The molecule has 1 aromatic carbocycles. The summed E-state index contributed by atoms with van der Waals surface area (Å²) in [6.45, 7) is 5.91. The molecule has 3 heteroatoms. The fraction of sp³-hybridized carbons (Fsp3) is 0.154. The molecule has 0 saturated carbocycles. The first-order valence-electron chi connectivity index (χ1n) is 5.04. The summed E-state index contributed by atoms with van der Waals surface area (Å²) in [5.74, 6) is 0.0510. The van der Waals surface area contributed by atoms with Gasteiger partial charge in [0, 0.05) is 23.7 Å². The zero-order valence-corrected chi connectivity index (χ0v) is 9.79. The van der Waals surface area contributed by atoms with Gasteiger partial charge in [-0.2, -0.15) is 0 Å². The maximum Gasteiger partial charge on any atom is 0.161 e. The largest absolute Gasteiger partial charge is 0.342 e. The number of carbonyl (C=O) groups excluding carboxylic acids is 1. The molecule has 0 aliphatic carbocycles. The van der Waals surface area contributed by atoms with Crippen molar-refractivity contribution in [2.45, 2.75) is 13.5 Å². The molecule has 0 N–H and O–H groups in total. The highest BCUT2D eigenvalue weighted by Crippen LogP contribution is 2.28. The molecule has 0 spiro atoms. The Bertz CT molecular complexity index is 569. The summed E-state index contributed by atoms with van der Waals surface area (Å²) < 4.78 is 1.95. The number of aromatic nitrogens is 1. The van der Waals surface area contributed by atoms with E-state index in [2.05, 4.69) is 6.58 Å². The van der Waals surface area contributed by atoms with Gasteiger partial charge in [-0.25, -0.2) is 0 Å². The minimum Gasteiger partial charge on any atom is -0.342 e. The van der Waals surface area contributed by atoms with Gasteiger partial charge in [0.25, 0.3) is 0 Å². The summed E-state index contributed by atoms with van der Waals surface area (Å²) in [7, 11) is 0. The lowest BCUT2D eigenvalue weighted by atomic mass is 10.1. The molecule has 0 amide bonds. The van der Waals surface area contributed by atoms with E-state index in [1.165, 1.54) is 0 Å². The van der Waals surface area contributed by atoms with Crippen LogP contribution in [0.25, 0.3) is 10.9 Å². The zero-order valence-electron chi connectivity index (χ0n) is 9.03. The van der Waals surface area contributed by atoms with Crippen LogP contribution in [-0.4, -0.2) is 10.4 Å². The number of hydrogen-bond acceptors (Lipinski definition) is 1. The van der Waals surface area contributed by atoms with Crippen molar-refractivity contribution in [1.82, 2.24) is 4.57 Å². The second kappa shape index (κ2) is 4.14. The summed E-state index contributed by atoms with van der Waals surface area (Å²) in [5.41, 5.74) is 1.61. The fourth-order valence-corrected chi connectivity index (χ4v) is 2.16. The van der Waals surface area contributed by atoms with Crippen molar-refractivity contribution in [3.8, 4) is 0 Å². The highest BCUT2D eigenvalue weighted by atomic mass is 35.5. The molecule has 82 valence electrons. The van der Waals surface area contributed by atoms with Crippen LogP contribution >= 0.6 is 11.6 Å². The SMILES string of the molecule is C=CCn1cc(C(C)=O)c2cccc(Cl)c21. The lowest BCUT2D eigenvalue weighted by Gasteiger charge is -2.02. The number of fused-ring (bicyclic) bond motifs is 1. The van der Waals surface area contributed by atoms with Crippen LogP contribution in [0.4, 0.5) is 0 Å². The standard InChI is InChI=1S/C13H12ClNO/c1-3-7-15-8-11(9(2)16)10-5-4-6-12(14)13(10)15/h3-6,8H,1,7H2,2H3. The van der Waals surface area contributed by atoms with E-state index in [0.717, 1.165) is 10.9 Å². The van der Waals surface area contributed by atoms with Gasteiger partial charge in [0.2, 0.25) is 0 Å². The summed E-state index contributed by atoms with van der Waals surface area (Å²) >= 11 is 6.15. The summed E-state index contributed by atoms with van der Waals surface area (Å²) in [6.07, 6.45) is 3.62. The van der Waals surface area contributed by atoms with Crippen LogP contribution in [-0.2, 0) is 6.54 Å². The van der Waals surface area contributed by atoms with Crippen molar-refractivity contribution in [3.63, 3.8) is 0 Å². The average molecular weight is 234 g/mol. The van der Waals surface area contributed by atoms with Crippen LogP contribution < -0.4 is 0 Å². The van der Waals surface area contributed by atoms with Gasteiger partial charge in [0.05, 0.1) is 10.5 Å². The quantitative estimate of drug-likeness (QED) is 0.586. The minimum absolute atomic E-state index is 0.0510. The molecule has 2 nitrogen and oxygen atoms in total. The van der Waals surface area contributed by atoms with E-state index >= 15 is 0 Å². The minimum atomic E-state index is 0.0510. The number of halogens is 1. The van der Waals surface area contributed by atoms with Gasteiger partial charge >= 0.3 is 0 Å². The van der Waals surface area contributed by atoms with Crippen LogP contribution in [0.1, 0.15) is 17.3 Å². The Hall–Kier alpha value is -1.54. The predicted molar refractivity (Wildman–Crippen MR) is 67.1 cm³/mol. The van der Waals surface area contributed by atoms with E-state index in [1.54, 1.807) is 13.0 Å². The van der Waals surface area contributed by atoms with Crippen molar-refractivity contribution in [1.29, 1.82) is 0 Å². The van der Waals surface area contributed by atoms with E-state index in [0.29, 0.717) is 17.1 Å². The number of nitrogens with zero attached hydrogens (tertiary/aromatic N) is 1. The van der Waals surface area contributed by atoms with Crippen LogP contribution in [0.5, 0.6) is 0 Å². The number of benzene rings is 1. The smallest absolute Gasteiger partial charge is 0.161 e. The monoisotopic (exact) mass is 233 g/mol. The number of ketones is 1. The van der Waals surface area contributed by atoms with Crippen molar-refractivity contribution < 1.29 is 4.79 Å². The molecule has 2 rings (SSSR count). The number of para-hydroxylation sites is 1. The van der Waals surface area contributed by atoms with E-state index < -0.39 is 0 Å². The molecule has 16 heavy (non-hydrogen) atoms. The average Bonchev–Trinajstić information content (AvgIpc) is 2.59. The molecule has 1 aromatic heterocycles. The molecule has 0 radical (unpaired) electrons. The Morgan fingerprint density at radius 3 is 2.94 bits per heavy atom. The number of allylic oxidation sites excluding steroid dienone is 1. The third kappa shape index (κ3) is 1.65. The Morgan fingerprint density at radius 1 is 1.56 bits per heavy atom. The van der Waals surface area contributed by atoms with Crippen molar-refractivity contribution in [3.05, 3.63) is 47.6 Å². The van der Waals surface area contributed by atoms with Crippen molar-refractivity contribution in [2.75, 3.05) is 0 Å². The summed E-state index contributed by atoms with van der Waals surface area (Å²) in [6, 6.07) is 5.60. The third-order valence-electron chi connectivity index (χ3n) is 2.55. The third-order valence-corrected chi connectivity index (χ3v) is 2.86. The fourth-order valence-electron chi connectivity index (χ4n) is 1.88. The van der Waals surface area contributed by atoms with E-state index in [9.17, 15) is 4.79 Å². The molecule has 0 unspecified atom stereocenters. The van der Waals surface area contributed by atoms with Gasteiger partial charge in [-0.15, -0.1) is 6.58 Å². The Morgan fingerprint density at radius 2 is 2.31 bits per heavy atom. The Labute approximate surface area is 99.1 Å². The first-order chi connectivity index (χ1) is 7.65. The molecule has 2 aromatic rings. The number of Topliss-reactive ketones (excluding diaryl/α,β-unsaturated/α-hetero) is 1. The first-order valence-corrected chi connectivity index (χ1v) is 5.42. The lowest BCUT2D eigenvalue weighted by Crippen LogP contribution is -1.93. The Balaban J connectivity index is 2.81. The van der Waals surface area contributed by atoms with Crippen molar-refractivity contribution >= 4 is 28.3 Å². The highest BCUT2D eigenvalue weighted by Gasteiger charge is 2.13. The van der Waals surface area contributed by atoms with E-state index in [-0.39, 0.29) is 5.78 Å². The molecule has 0 fully saturated rings. The number of rotatable bonds is 3. The maximum absolute atomic E-state index is 11.5. The van der Waals surface area contributed by atoms with Crippen LogP contribution in [0.15, 0.2) is 37.1 Å². The summed E-state index contributed by atoms with van der Waals surface area (Å²) in [5, 5.41) is 1.56. The summed E-state index contributed by atoms with van der Waals surface area (Å²) in [4.78, 5) is 11.5. The molecule has 0 aliphatic rings. The molecule has 0 bridgehead atoms. The number of hydrogen-bond donors (Lipinski definition) is 0. The van der Waals surface area contributed by atoms with Gasteiger partial charge in [-0.05, 0) is 13.0 Å². The number of carbonyl (C=O) groups is 1. The molecular weight excluding hydrogens is 222 g/mol. The van der Waals surface area contributed by atoms with Gasteiger partial charge in [0.15, 0.2) is 5.78 Å².